The van der Waals surface area contributed by atoms with E-state index in [-0.39, 0.29) is 41.8 Å². The molecule has 1 unspecified atom stereocenters. The van der Waals surface area contributed by atoms with Crippen molar-refractivity contribution in [3.63, 3.8) is 0 Å². The highest BCUT2D eigenvalue weighted by molar-refractivity contribution is 6.42. The summed E-state index contributed by atoms with van der Waals surface area (Å²) in [6.07, 6.45) is 2.15. The summed E-state index contributed by atoms with van der Waals surface area (Å²) in [5, 5.41) is 4.11. The average Bonchev–Trinajstić information content (AvgIpc) is 2.81. The van der Waals surface area contributed by atoms with Crippen LogP contribution in [0.1, 0.15) is 37.3 Å². The predicted octanol–water partition coefficient (Wildman–Crippen LogP) is 4.64. The van der Waals surface area contributed by atoms with Gasteiger partial charge in [-0.05, 0) is 61.8 Å². The molecular weight excluding hydrogens is 487 g/mol. The van der Waals surface area contributed by atoms with Gasteiger partial charge in [-0.2, -0.15) is 0 Å². The number of carbonyl (C=O) groups excluding carboxylic acids is 2. The highest BCUT2D eigenvalue weighted by Crippen LogP contribution is 2.50. The van der Waals surface area contributed by atoms with Gasteiger partial charge in [0.1, 0.15) is 11.9 Å². The number of hydrogen-bond acceptors (Lipinski definition) is 5. The van der Waals surface area contributed by atoms with Crippen molar-refractivity contribution in [3.05, 3.63) is 63.6 Å². The maximum atomic E-state index is 13.0. The number of piperidine rings is 1. The Morgan fingerprint density at radius 2 is 1.97 bits per heavy atom. The summed E-state index contributed by atoms with van der Waals surface area (Å²) in [5.41, 5.74) is 1.71. The van der Waals surface area contributed by atoms with Gasteiger partial charge in [0.25, 0.3) is 0 Å². The largest absolute Gasteiger partial charge is 0.497 e. The van der Waals surface area contributed by atoms with Crippen molar-refractivity contribution in [1.29, 1.82) is 0 Å². The second kappa shape index (κ2) is 10.8. The topological polar surface area (TPSA) is 67.9 Å². The molecule has 0 radical (unpaired) electrons. The van der Waals surface area contributed by atoms with E-state index in [1.54, 1.807) is 25.3 Å². The summed E-state index contributed by atoms with van der Waals surface area (Å²) >= 11 is 12.1. The minimum atomic E-state index is -0.300. The monoisotopic (exact) mass is 518 g/mol. The molecule has 6 nitrogen and oxygen atoms in total. The number of methoxy groups -OCH3 is 1. The minimum absolute atomic E-state index is 0.0952. The molecule has 1 aliphatic carbocycles. The normalized spacial score (nSPS) is 26.5. The molecule has 1 N–H and O–H groups in total. The Bertz CT molecular complexity index is 1090. The number of esters is 1. The van der Waals surface area contributed by atoms with E-state index in [0.29, 0.717) is 16.5 Å². The Balaban J connectivity index is 1.63. The Kier molecular flexibility index (Phi) is 7.94. The molecule has 4 rings (SSSR count). The van der Waals surface area contributed by atoms with Crippen molar-refractivity contribution in [3.8, 4) is 5.75 Å². The van der Waals surface area contributed by atoms with Crippen molar-refractivity contribution in [2.24, 2.45) is 5.92 Å². The molecule has 0 spiro atoms. The molecule has 8 heteroatoms. The van der Waals surface area contributed by atoms with Gasteiger partial charge in [0, 0.05) is 37.3 Å². The highest BCUT2D eigenvalue weighted by Gasteiger charge is 2.53. The fourth-order valence-electron chi connectivity index (χ4n) is 5.85. The van der Waals surface area contributed by atoms with Crippen LogP contribution in [0.4, 0.5) is 0 Å². The predicted molar refractivity (Wildman–Crippen MR) is 137 cm³/mol. The molecule has 2 aromatic carbocycles. The summed E-state index contributed by atoms with van der Waals surface area (Å²) < 4.78 is 11.4. The average molecular weight is 519 g/mol. The van der Waals surface area contributed by atoms with E-state index in [4.69, 9.17) is 32.7 Å². The summed E-state index contributed by atoms with van der Waals surface area (Å²) in [5.74, 6) is 0.512. The number of nitrogens with one attached hydrogen (secondary N) is 1. The van der Waals surface area contributed by atoms with Crippen molar-refractivity contribution < 1.29 is 19.1 Å². The molecule has 2 aliphatic rings. The maximum Gasteiger partial charge on any atom is 0.302 e. The third kappa shape index (κ3) is 5.76. The SMILES string of the molecule is COc1cccc([C@@]23CCN(C)C[C@H]2C(OC(C)=O)C[C@@H](NC(=O)Cc2ccc(Cl)c(Cl)c2)C3)c1. The van der Waals surface area contributed by atoms with Crippen LogP contribution < -0.4 is 10.1 Å². The molecule has 1 heterocycles. The number of halogens is 2. The summed E-state index contributed by atoms with van der Waals surface area (Å²) in [7, 11) is 3.77. The van der Waals surface area contributed by atoms with Crippen LogP contribution >= 0.6 is 23.2 Å². The Labute approximate surface area is 216 Å². The van der Waals surface area contributed by atoms with Crippen molar-refractivity contribution >= 4 is 35.1 Å². The molecule has 188 valence electrons. The zero-order chi connectivity index (χ0) is 25.2. The fraction of sp³-hybridized carbons (Fsp3) is 0.481. The Morgan fingerprint density at radius 3 is 2.69 bits per heavy atom. The highest BCUT2D eigenvalue weighted by atomic mass is 35.5. The first kappa shape index (κ1) is 25.8. The van der Waals surface area contributed by atoms with Gasteiger partial charge in [-0.25, -0.2) is 0 Å². The van der Waals surface area contributed by atoms with Crippen LogP contribution in [0.25, 0.3) is 0 Å². The van der Waals surface area contributed by atoms with Crippen LogP contribution in [0, 0.1) is 5.92 Å². The lowest BCUT2D eigenvalue weighted by Gasteiger charge is -2.55. The second-order valence-electron chi connectivity index (χ2n) is 9.78. The van der Waals surface area contributed by atoms with Crippen LogP contribution in [0.15, 0.2) is 42.5 Å². The van der Waals surface area contributed by atoms with Crippen LogP contribution in [0.3, 0.4) is 0 Å². The van der Waals surface area contributed by atoms with Gasteiger partial charge in [-0.1, -0.05) is 41.4 Å². The number of benzene rings is 2. The molecule has 2 aromatic rings. The number of hydrogen-bond donors (Lipinski definition) is 1. The van der Waals surface area contributed by atoms with E-state index in [0.717, 1.165) is 42.8 Å². The molecule has 4 atom stereocenters. The van der Waals surface area contributed by atoms with E-state index in [1.807, 2.05) is 12.1 Å². The standard InChI is InChI=1S/C27H32Cl2N2O4/c1-17(32)35-25-14-20(30-26(33)12-18-7-8-23(28)24(29)11-18)15-27(9-10-31(2)16-22(25)27)19-5-4-6-21(13-19)34-3/h4-8,11,13,20,22,25H,9-10,12,14-16H2,1-3H3,(H,30,33)/t20-,22+,25?,27+/m1/s1. The van der Waals surface area contributed by atoms with Gasteiger partial charge in [0.15, 0.2) is 0 Å². The van der Waals surface area contributed by atoms with Crippen LogP contribution in [-0.2, 0) is 26.2 Å². The first-order valence-electron chi connectivity index (χ1n) is 11.9. The van der Waals surface area contributed by atoms with Gasteiger partial charge >= 0.3 is 5.97 Å². The van der Waals surface area contributed by atoms with E-state index < -0.39 is 0 Å². The third-order valence-corrected chi connectivity index (χ3v) is 8.15. The van der Waals surface area contributed by atoms with Crippen LogP contribution in [0.2, 0.25) is 10.0 Å². The molecule has 1 aliphatic heterocycles. The van der Waals surface area contributed by atoms with E-state index in [2.05, 4.69) is 29.4 Å². The minimum Gasteiger partial charge on any atom is -0.497 e. The Hall–Kier alpha value is -2.28. The number of fused-ring (bicyclic) bond motifs is 1. The number of ether oxygens (including phenoxy) is 2. The lowest BCUT2D eigenvalue weighted by molar-refractivity contribution is -0.157. The molecule has 1 saturated heterocycles. The molecule has 1 saturated carbocycles. The number of rotatable bonds is 6. The Morgan fingerprint density at radius 1 is 1.17 bits per heavy atom. The molecule has 0 bridgehead atoms. The van der Waals surface area contributed by atoms with Crippen molar-refractivity contribution in [1.82, 2.24) is 10.2 Å². The molecule has 0 aromatic heterocycles. The van der Waals surface area contributed by atoms with E-state index >= 15 is 0 Å². The lowest BCUT2D eigenvalue weighted by Crippen LogP contribution is -2.61. The second-order valence-corrected chi connectivity index (χ2v) is 10.6. The number of nitrogens with zero attached hydrogens (tertiary/aromatic N) is 1. The van der Waals surface area contributed by atoms with E-state index in [1.165, 1.54) is 6.92 Å². The van der Waals surface area contributed by atoms with Crippen molar-refractivity contribution in [2.75, 3.05) is 27.2 Å². The van der Waals surface area contributed by atoms with Crippen LogP contribution in [-0.4, -0.2) is 56.2 Å². The molecule has 2 fully saturated rings. The van der Waals surface area contributed by atoms with Gasteiger partial charge < -0.3 is 19.7 Å². The first-order chi connectivity index (χ1) is 16.7. The molecule has 35 heavy (non-hydrogen) atoms. The first-order valence-corrected chi connectivity index (χ1v) is 12.7. The fourth-order valence-corrected chi connectivity index (χ4v) is 6.17. The summed E-state index contributed by atoms with van der Waals surface area (Å²) in [4.78, 5) is 27.4. The van der Waals surface area contributed by atoms with Gasteiger partial charge in [0.2, 0.25) is 5.91 Å². The molecular formula is C27H32Cl2N2O4. The number of amides is 1. The van der Waals surface area contributed by atoms with E-state index in [9.17, 15) is 9.59 Å². The zero-order valence-corrected chi connectivity index (χ0v) is 21.9. The quantitative estimate of drug-likeness (QED) is 0.564. The number of carbonyl (C=O) groups is 2. The summed E-state index contributed by atoms with van der Waals surface area (Å²) in [6.45, 7) is 3.19. The van der Waals surface area contributed by atoms with Gasteiger partial charge in [-0.15, -0.1) is 0 Å². The van der Waals surface area contributed by atoms with Gasteiger partial charge in [-0.3, -0.25) is 9.59 Å². The summed E-state index contributed by atoms with van der Waals surface area (Å²) in [6, 6.07) is 13.2. The zero-order valence-electron chi connectivity index (χ0n) is 20.4. The smallest absolute Gasteiger partial charge is 0.302 e. The lowest BCUT2D eigenvalue weighted by atomic mass is 9.57. The maximum absolute atomic E-state index is 13.0. The van der Waals surface area contributed by atoms with Gasteiger partial charge in [0.05, 0.1) is 23.6 Å². The number of likely N-dealkylation sites (tertiary alicyclic amines) is 1. The van der Waals surface area contributed by atoms with Crippen LogP contribution in [0.5, 0.6) is 5.75 Å². The third-order valence-electron chi connectivity index (χ3n) is 7.41. The molecule has 1 amide bonds. The van der Waals surface area contributed by atoms with Crippen molar-refractivity contribution in [2.45, 2.75) is 50.2 Å².